The van der Waals surface area contributed by atoms with E-state index in [1.807, 2.05) is 43.5 Å². The van der Waals surface area contributed by atoms with Gasteiger partial charge in [-0.1, -0.05) is 30.3 Å². The SMILES string of the molecule is Cc1cnc(C(=O)N2CCC(C(=O)N3N=CCC3c3ccccc3)CC2)[nH]1. The first-order chi connectivity index (χ1) is 13.1. The number of imidazole rings is 1. The molecule has 2 aromatic rings. The number of likely N-dealkylation sites (tertiary alicyclic amines) is 1. The van der Waals surface area contributed by atoms with Crippen LogP contribution in [0.4, 0.5) is 0 Å². The molecule has 0 bridgehead atoms. The highest BCUT2D eigenvalue weighted by Crippen LogP contribution is 2.31. The quantitative estimate of drug-likeness (QED) is 0.907. The van der Waals surface area contributed by atoms with E-state index in [0.29, 0.717) is 31.8 Å². The second kappa shape index (κ2) is 7.34. The average molecular weight is 365 g/mol. The molecule has 0 saturated carbocycles. The molecule has 2 amide bonds. The molecule has 1 N–H and O–H groups in total. The summed E-state index contributed by atoms with van der Waals surface area (Å²) in [5, 5.41) is 5.97. The second-order valence-electron chi connectivity index (χ2n) is 7.12. The number of rotatable bonds is 3. The molecule has 0 radical (unpaired) electrons. The second-order valence-corrected chi connectivity index (χ2v) is 7.12. The molecule has 4 rings (SSSR count). The average Bonchev–Trinajstić information content (AvgIpc) is 3.37. The molecular formula is C20H23N5O2. The number of H-pyrrole nitrogens is 1. The molecule has 140 valence electrons. The van der Waals surface area contributed by atoms with Gasteiger partial charge in [0.2, 0.25) is 5.91 Å². The van der Waals surface area contributed by atoms with E-state index < -0.39 is 0 Å². The van der Waals surface area contributed by atoms with Gasteiger partial charge in [0.1, 0.15) is 0 Å². The zero-order valence-corrected chi connectivity index (χ0v) is 15.3. The molecule has 1 fully saturated rings. The number of carbonyl (C=O) groups excluding carboxylic acids is 2. The van der Waals surface area contributed by atoms with Gasteiger partial charge in [-0.15, -0.1) is 0 Å². The van der Waals surface area contributed by atoms with Gasteiger partial charge < -0.3 is 9.88 Å². The molecule has 2 aliphatic rings. The van der Waals surface area contributed by atoms with Crippen LogP contribution in [0.5, 0.6) is 0 Å². The minimum absolute atomic E-state index is 0.0237. The van der Waals surface area contributed by atoms with Crippen molar-refractivity contribution in [1.82, 2.24) is 19.9 Å². The number of aromatic amines is 1. The number of hydrogen-bond donors (Lipinski definition) is 1. The van der Waals surface area contributed by atoms with Gasteiger partial charge in [-0.3, -0.25) is 9.59 Å². The largest absolute Gasteiger partial charge is 0.338 e. The summed E-state index contributed by atoms with van der Waals surface area (Å²) in [5.41, 5.74) is 1.96. The molecule has 27 heavy (non-hydrogen) atoms. The summed E-state index contributed by atoms with van der Waals surface area (Å²) in [6.45, 7) is 2.99. The monoisotopic (exact) mass is 365 g/mol. The maximum atomic E-state index is 13.0. The van der Waals surface area contributed by atoms with Crippen molar-refractivity contribution in [2.75, 3.05) is 13.1 Å². The van der Waals surface area contributed by atoms with Crippen LogP contribution in [0.2, 0.25) is 0 Å². The lowest BCUT2D eigenvalue weighted by Gasteiger charge is -2.33. The first kappa shape index (κ1) is 17.5. The molecule has 3 heterocycles. The van der Waals surface area contributed by atoms with Gasteiger partial charge in [-0.25, -0.2) is 9.99 Å². The van der Waals surface area contributed by atoms with Gasteiger partial charge in [0, 0.05) is 43.5 Å². The third kappa shape index (κ3) is 3.49. The summed E-state index contributed by atoms with van der Waals surface area (Å²) < 4.78 is 0. The Morgan fingerprint density at radius 1 is 1.15 bits per heavy atom. The lowest BCUT2D eigenvalue weighted by atomic mass is 9.94. The molecule has 1 aromatic carbocycles. The molecule has 2 aliphatic heterocycles. The van der Waals surface area contributed by atoms with Gasteiger partial charge >= 0.3 is 0 Å². The van der Waals surface area contributed by atoms with Gasteiger partial charge in [-0.2, -0.15) is 5.10 Å². The fraction of sp³-hybridized carbons (Fsp3) is 0.400. The van der Waals surface area contributed by atoms with E-state index in [-0.39, 0.29) is 23.8 Å². The Kier molecular flexibility index (Phi) is 4.75. The molecule has 7 heteroatoms. The zero-order valence-electron chi connectivity index (χ0n) is 15.3. The number of piperidine rings is 1. The first-order valence-electron chi connectivity index (χ1n) is 9.35. The molecular weight excluding hydrogens is 342 g/mol. The number of amides is 2. The van der Waals surface area contributed by atoms with Gasteiger partial charge in [0.05, 0.1) is 6.04 Å². The first-order valence-corrected chi connectivity index (χ1v) is 9.35. The van der Waals surface area contributed by atoms with E-state index in [4.69, 9.17) is 0 Å². The molecule has 1 atom stereocenters. The molecule has 1 saturated heterocycles. The Morgan fingerprint density at radius 3 is 2.56 bits per heavy atom. The van der Waals surface area contributed by atoms with Crippen LogP contribution in [0.15, 0.2) is 41.6 Å². The lowest BCUT2D eigenvalue weighted by molar-refractivity contribution is -0.138. The van der Waals surface area contributed by atoms with Crippen LogP contribution in [-0.2, 0) is 4.79 Å². The standard InChI is InChI=1S/C20H23N5O2/c1-14-13-21-18(23-14)20(27)24-11-8-16(9-12-24)19(26)25-17(7-10-22-25)15-5-3-2-4-6-15/h2-6,10,13,16-17H,7-9,11-12H2,1H3,(H,21,23). The van der Waals surface area contributed by atoms with E-state index in [1.165, 1.54) is 0 Å². The van der Waals surface area contributed by atoms with Crippen molar-refractivity contribution in [3.63, 3.8) is 0 Å². The minimum Gasteiger partial charge on any atom is -0.338 e. The molecule has 1 unspecified atom stereocenters. The number of aromatic nitrogens is 2. The summed E-state index contributed by atoms with van der Waals surface area (Å²) >= 11 is 0. The van der Waals surface area contributed by atoms with Crippen LogP contribution in [0, 0.1) is 12.8 Å². The van der Waals surface area contributed by atoms with E-state index >= 15 is 0 Å². The summed E-state index contributed by atoms with van der Waals surface area (Å²) in [6, 6.07) is 9.98. The third-order valence-corrected chi connectivity index (χ3v) is 5.28. The van der Waals surface area contributed by atoms with Crippen molar-refractivity contribution >= 4 is 18.0 Å². The zero-order chi connectivity index (χ0) is 18.8. The van der Waals surface area contributed by atoms with Crippen LogP contribution in [0.1, 0.15) is 47.2 Å². The van der Waals surface area contributed by atoms with Crippen LogP contribution >= 0.6 is 0 Å². The number of hydrogen-bond acceptors (Lipinski definition) is 4. The number of benzene rings is 1. The topological polar surface area (TPSA) is 81.7 Å². The summed E-state index contributed by atoms with van der Waals surface area (Å²) in [5.74, 6) is 0.216. The van der Waals surface area contributed by atoms with Crippen molar-refractivity contribution in [2.24, 2.45) is 11.0 Å². The Labute approximate surface area is 158 Å². The number of carbonyl (C=O) groups is 2. The summed E-state index contributed by atoms with van der Waals surface area (Å²) in [7, 11) is 0. The maximum Gasteiger partial charge on any atom is 0.289 e. The minimum atomic E-state index is -0.103. The predicted octanol–water partition coefficient (Wildman–Crippen LogP) is 2.53. The Morgan fingerprint density at radius 2 is 1.89 bits per heavy atom. The van der Waals surface area contributed by atoms with Crippen molar-refractivity contribution in [3.05, 3.63) is 53.6 Å². The Bertz CT molecular complexity index is 852. The Balaban J connectivity index is 1.38. The molecule has 0 aliphatic carbocycles. The van der Waals surface area contributed by atoms with E-state index in [9.17, 15) is 9.59 Å². The fourth-order valence-electron chi connectivity index (χ4n) is 3.77. The van der Waals surface area contributed by atoms with Gasteiger partial charge in [-0.05, 0) is 25.3 Å². The van der Waals surface area contributed by atoms with Crippen molar-refractivity contribution in [2.45, 2.75) is 32.2 Å². The Hall–Kier alpha value is -2.96. The third-order valence-electron chi connectivity index (χ3n) is 5.28. The predicted molar refractivity (Wildman–Crippen MR) is 101 cm³/mol. The summed E-state index contributed by atoms with van der Waals surface area (Å²) in [4.78, 5) is 34.4. The van der Waals surface area contributed by atoms with Crippen molar-refractivity contribution < 1.29 is 9.59 Å². The molecule has 7 nitrogen and oxygen atoms in total. The fourth-order valence-corrected chi connectivity index (χ4v) is 3.77. The van der Waals surface area contributed by atoms with E-state index in [2.05, 4.69) is 15.1 Å². The number of nitrogens with zero attached hydrogens (tertiary/aromatic N) is 4. The van der Waals surface area contributed by atoms with Crippen LogP contribution in [-0.4, -0.2) is 51.0 Å². The van der Waals surface area contributed by atoms with Crippen LogP contribution in [0.3, 0.4) is 0 Å². The van der Waals surface area contributed by atoms with Crippen molar-refractivity contribution in [3.8, 4) is 0 Å². The lowest BCUT2D eigenvalue weighted by Crippen LogP contribution is -2.43. The van der Waals surface area contributed by atoms with Crippen molar-refractivity contribution in [1.29, 1.82) is 0 Å². The normalized spacial score (nSPS) is 20.3. The highest BCUT2D eigenvalue weighted by molar-refractivity contribution is 5.91. The van der Waals surface area contributed by atoms with E-state index in [1.54, 1.807) is 16.1 Å². The highest BCUT2D eigenvalue weighted by atomic mass is 16.2. The number of hydrazone groups is 1. The maximum absolute atomic E-state index is 13.0. The summed E-state index contributed by atoms with van der Waals surface area (Å²) in [6.07, 6.45) is 5.51. The molecule has 1 aromatic heterocycles. The van der Waals surface area contributed by atoms with Gasteiger partial charge in [0.15, 0.2) is 5.82 Å². The number of nitrogens with one attached hydrogen (secondary N) is 1. The van der Waals surface area contributed by atoms with Gasteiger partial charge in [0.25, 0.3) is 5.91 Å². The number of aryl methyl sites for hydroxylation is 1. The highest BCUT2D eigenvalue weighted by Gasteiger charge is 2.35. The van der Waals surface area contributed by atoms with Crippen LogP contribution < -0.4 is 0 Å². The molecule has 0 spiro atoms. The smallest absolute Gasteiger partial charge is 0.289 e. The van der Waals surface area contributed by atoms with E-state index in [0.717, 1.165) is 17.7 Å². The van der Waals surface area contributed by atoms with Crippen LogP contribution in [0.25, 0.3) is 0 Å².